The lowest BCUT2D eigenvalue weighted by atomic mass is 10.1. The van der Waals surface area contributed by atoms with Crippen molar-refractivity contribution in [3.63, 3.8) is 0 Å². The predicted octanol–water partition coefficient (Wildman–Crippen LogP) is 5.62. The Kier molecular flexibility index (Phi) is 7.57. The number of nitrogens with zero attached hydrogens (tertiary/aromatic N) is 2. The third-order valence-electron chi connectivity index (χ3n) is 5.28. The molecule has 0 bridgehead atoms. The van der Waals surface area contributed by atoms with E-state index in [1.54, 1.807) is 36.3 Å². The number of ether oxygens (including phenoxy) is 2. The molecule has 0 saturated heterocycles. The van der Waals surface area contributed by atoms with Crippen LogP contribution in [-0.2, 0) is 17.9 Å². The van der Waals surface area contributed by atoms with Crippen LogP contribution in [0.15, 0.2) is 85.2 Å². The molecule has 1 N–H and O–H groups in total. The number of methoxy groups -OCH3 is 1. The first-order valence-electron chi connectivity index (χ1n) is 11.1. The number of nitrogens with one attached hydrogen (secondary N) is 1. The molecule has 0 atom stereocenters. The Balaban J connectivity index is 1.36. The number of hydrogen-bond acceptors (Lipinski definition) is 4. The van der Waals surface area contributed by atoms with Gasteiger partial charge in [-0.1, -0.05) is 35.9 Å². The molecule has 0 aliphatic heterocycles. The van der Waals surface area contributed by atoms with Gasteiger partial charge in [0.1, 0.15) is 23.9 Å². The highest BCUT2D eigenvalue weighted by atomic mass is 19.1. The number of aryl methyl sites for hydroxylation is 1. The number of hydrogen-bond donors (Lipinski definition) is 1. The molecule has 0 radical (unpaired) electrons. The lowest BCUT2D eigenvalue weighted by Gasteiger charge is -2.11. The van der Waals surface area contributed by atoms with Crippen molar-refractivity contribution in [1.29, 1.82) is 0 Å². The molecule has 0 spiro atoms. The van der Waals surface area contributed by atoms with E-state index in [1.165, 1.54) is 23.8 Å². The summed E-state index contributed by atoms with van der Waals surface area (Å²) in [5, 5.41) is 7.01. The first-order chi connectivity index (χ1) is 17.0. The van der Waals surface area contributed by atoms with Crippen molar-refractivity contribution in [2.75, 3.05) is 12.4 Å². The van der Waals surface area contributed by atoms with Crippen LogP contribution >= 0.6 is 0 Å². The van der Waals surface area contributed by atoms with Crippen molar-refractivity contribution in [2.45, 2.75) is 20.1 Å². The van der Waals surface area contributed by atoms with E-state index in [9.17, 15) is 9.18 Å². The molecule has 0 fully saturated rings. The van der Waals surface area contributed by atoms with Crippen LogP contribution in [0, 0.1) is 12.7 Å². The van der Waals surface area contributed by atoms with Gasteiger partial charge in [0, 0.05) is 17.8 Å². The maximum absolute atomic E-state index is 13.4. The molecular weight excluding hydrogens is 445 g/mol. The summed E-state index contributed by atoms with van der Waals surface area (Å²) in [4.78, 5) is 12.4. The number of rotatable bonds is 9. The molecular formula is C28H26FN3O3. The maximum atomic E-state index is 13.4. The Morgan fingerprint density at radius 1 is 1.11 bits per heavy atom. The Hall–Kier alpha value is -4.39. The van der Waals surface area contributed by atoms with Crippen molar-refractivity contribution in [1.82, 2.24) is 9.78 Å². The minimum absolute atomic E-state index is 0.288. The summed E-state index contributed by atoms with van der Waals surface area (Å²) in [6.45, 7) is 2.77. The fraction of sp³-hybridized carbons (Fsp3) is 0.143. The Labute approximate surface area is 203 Å². The first kappa shape index (κ1) is 23.8. The largest absolute Gasteiger partial charge is 0.496 e. The highest BCUT2D eigenvalue weighted by Crippen LogP contribution is 2.23. The summed E-state index contributed by atoms with van der Waals surface area (Å²) in [5.41, 5.74) is 4.21. The van der Waals surface area contributed by atoms with Crippen molar-refractivity contribution >= 4 is 17.7 Å². The summed E-state index contributed by atoms with van der Waals surface area (Å²) < 4.78 is 26.3. The summed E-state index contributed by atoms with van der Waals surface area (Å²) in [6, 6.07) is 19.8. The van der Waals surface area contributed by atoms with Crippen molar-refractivity contribution in [2.24, 2.45) is 0 Å². The average molecular weight is 472 g/mol. The third kappa shape index (κ3) is 6.80. The fourth-order valence-corrected chi connectivity index (χ4v) is 3.50. The lowest BCUT2D eigenvalue weighted by molar-refractivity contribution is -0.111. The number of halogens is 1. The fourth-order valence-electron chi connectivity index (χ4n) is 3.50. The zero-order valence-corrected chi connectivity index (χ0v) is 19.6. The van der Waals surface area contributed by atoms with Gasteiger partial charge in [-0.3, -0.25) is 9.48 Å². The number of aromatic nitrogens is 2. The first-order valence-corrected chi connectivity index (χ1v) is 11.1. The zero-order valence-electron chi connectivity index (χ0n) is 19.6. The van der Waals surface area contributed by atoms with Crippen LogP contribution in [0.1, 0.15) is 22.3 Å². The second-order valence-corrected chi connectivity index (χ2v) is 8.05. The smallest absolute Gasteiger partial charge is 0.248 e. The van der Waals surface area contributed by atoms with Gasteiger partial charge in [0.05, 0.1) is 25.5 Å². The molecule has 1 aromatic heterocycles. The van der Waals surface area contributed by atoms with Gasteiger partial charge >= 0.3 is 0 Å². The van der Waals surface area contributed by atoms with E-state index in [0.29, 0.717) is 24.6 Å². The van der Waals surface area contributed by atoms with Crippen LogP contribution < -0.4 is 14.8 Å². The highest BCUT2D eigenvalue weighted by molar-refractivity contribution is 6.01. The molecule has 0 aliphatic rings. The molecule has 4 aromatic rings. The van der Waals surface area contributed by atoms with Crippen LogP contribution in [0.3, 0.4) is 0 Å². The number of anilines is 1. The zero-order chi connectivity index (χ0) is 24.6. The summed E-state index contributed by atoms with van der Waals surface area (Å²) >= 11 is 0. The molecule has 6 nitrogen and oxygen atoms in total. The second kappa shape index (κ2) is 11.2. The van der Waals surface area contributed by atoms with E-state index in [-0.39, 0.29) is 11.7 Å². The van der Waals surface area contributed by atoms with E-state index >= 15 is 0 Å². The van der Waals surface area contributed by atoms with Gasteiger partial charge in [-0.2, -0.15) is 5.10 Å². The summed E-state index contributed by atoms with van der Waals surface area (Å²) in [7, 11) is 1.61. The molecule has 0 saturated carbocycles. The monoisotopic (exact) mass is 471 g/mol. The molecule has 1 heterocycles. The van der Waals surface area contributed by atoms with Gasteiger partial charge in [0.2, 0.25) is 5.91 Å². The van der Waals surface area contributed by atoms with Crippen LogP contribution in [-0.4, -0.2) is 22.8 Å². The predicted molar refractivity (Wildman–Crippen MR) is 134 cm³/mol. The minimum Gasteiger partial charge on any atom is -0.496 e. The van der Waals surface area contributed by atoms with Crippen LogP contribution in [0.5, 0.6) is 11.5 Å². The number of benzene rings is 3. The Bertz CT molecular complexity index is 1330. The molecule has 4 rings (SSSR count). The maximum Gasteiger partial charge on any atom is 0.248 e. The summed E-state index contributed by atoms with van der Waals surface area (Å²) in [5.74, 6) is 0.903. The molecule has 178 valence electrons. The van der Waals surface area contributed by atoms with Crippen molar-refractivity contribution < 1.29 is 18.7 Å². The third-order valence-corrected chi connectivity index (χ3v) is 5.28. The highest BCUT2D eigenvalue weighted by Gasteiger charge is 2.07. The quantitative estimate of drug-likeness (QED) is 0.322. The van der Waals surface area contributed by atoms with E-state index < -0.39 is 0 Å². The normalized spacial score (nSPS) is 10.9. The molecule has 1 amide bonds. The Morgan fingerprint density at radius 2 is 1.94 bits per heavy atom. The number of carbonyl (C=O) groups excluding carboxylic acids is 1. The van der Waals surface area contributed by atoms with Gasteiger partial charge in [-0.05, 0) is 60.5 Å². The van der Waals surface area contributed by atoms with E-state index in [4.69, 9.17) is 9.47 Å². The van der Waals surface area contributed by atoms with Crippen molar-refractivity contribution in [3.05, 3.63) is 113 Å². The molecule has 7 heteroatoms. The van der Waals surface area contributed by atoms with Crippen LogP contribution in [0.2, 0.25) is 0 Å². The number of amides is 1. The van der Waals surface area contributed by atoms with Crippen LogP contribution in [0.25, 0.3) is 6.08 Å². The topological polar surface area (TPSA) is 65.4 Å². The van der Waals surface area contributed by atoms with Gasteiger partial charge in [0.25, 0.3) is 0 Å². The minimum atomic E-state index is -0.295. The molecule has 3 aromatic carbocycles. The van der Waals surface area contributed by atoms with E-state index in [1.807, 2.05) is 55.5 Å². The van der Waals surface area contributed by atoms with Crippen molar-refractivity contribution in [3.8, 4) is 11.5 Å². The van der Waals surface area contributed by atoms with E-state index in [0.717, 1.165) is 22.4 Å². The molecule has 35 heavy (non-hydrogen) atoms. The van der Waals surface area contributed by atoms with Gasteiger partial charge < -0.3 is 14.8 Å². The van der Waals surface area contributed by atoms with Crippen LogP contribution in [0.4, 0.5) is 10.1 Å². The SMILES string of the molecule is COc1ccc(/C=C/C(=O)Nc2cnn(Cc3cccc(F)c3)c2)cc1COc1ccc(C)cc1. The second-order valence-electron chi connectivity index (χ2n) is 8.05. The van der Waals surface area contributed by atoms with E-state index in [2.05, 4.69) is 10.4 Å². The van der Waals surface area contributed by atoms with Gasteiger partial charge in [-0.15, -0.1) is 0 Å². The summed E-state index contributed by atoms with van der Waals surface area (Å²) in [6.07, 6.45) is 6.43. The molecule has 0 aliphatic carbocycles. The Morgan fingerprint density at radius 3 is 2.71 bits per heavy atom. The standard InChI is InChI=1S/C28H26FN3O3/c1-20-6-10-26(11-7-20)35-19-23-14-21(8-12-27(23)34-2)9-13-28(33)31-25-16-30-32(18-25)17-22-4-3-5-24(29)15-22/h3-16,18H,17,19H2,1-2H3,(H,31,33)/b13-9+. The van der Waals surface area contributed by atoms with Gasteiger partial charge in [-0.25, -0.2) is 4.39 Å². The molecule has 0 unspecified atom stereocenters. The van der Waals surface area contributed by atoms with Gasteiger partial charge in [0.15, 0.2) is 0 Å². The average Bonchev–Trinajstić information content (AvgIpc) is 3.28. The lowest BCUT2D eigenvalue weighted by Crippen LogP contribution is -2.07. The number of carbonyl (C=O) groups is 1.